The summed E-state index contributed by atoms with van der Waals surface area (Å²) in [7, 11) is 2.18. The molecule has 6 N–H and O–H groups in total. The second-order valence-electron chi connectivity index (χ2n) is 8.04. The molecular formula is C21H28F3N6O10P. The summed E-state index contributed by atoms with van der Waals surface area (Å²) in [6.45, 7) is -2.87. The average molecular weight is 612 g/mol. The molecule has 0 fully saturated rings. The molecule has 4 atom stereocenters. The van der Waals surface area contributed by atoms with Crippen molar-refractivity contribution in [1.29, 1.82) is 0 Å². The van der Waals surface area contributed by atoms with Crippen molar-refractivity contribution in [2.24, 2.45) is 0 Å². The zero-order chi connectivity index (χ0) is 31.2. The lowest BCUT2D eigenvalue weighted by molar-refractivity contribution is -0.213. The summed E-state index contributed by atoms with van der Waals surface area (Å²) in [6.07, 6.45) is -6.67. The maximum absolute atomic E-state index is 12.6. The molecule has 20 heteroatoms. The SMILES string of the molecule is O=CC(OCNC(=O)CNC(=O)C(CP)NC(=O)CCNC(=O)C(CNCC(=O)O)N1C(=O)C=CC1=O)C(F)(F)F. The molecule has 0 radical (unpaired) electrons. The van der Waals surface area contributed by atoms with E-state index in [4.69, 9.17) is 5.11 Å². The van der Waals surface area contributed by atoms with E-state index in [0.29, 0.717) is 4.90 Å². The van der Waals surface area contributed by atoms with Crippen LogP contribution in [0.1, 0.15) is 6.42 Å². The Morgan fingerprint density at radius 2 is 1.63 bits per heavy atom. The number of aliphatic carboxylic acids is 1. The van der Waals surface area contributed by atoms with Gasteiger partial charge in [0.25, 0.3) is 11.8 Å². The predicted molar refractivity (Wildman–Crippen MR) is 132 cm³/mol. The van der Waals surface area contributed by atoms with Gasteiger partial charge in [0.05, 0.1) is 13.1 Å². The molecule has 0 aromatic rings. The van der Waals surface area contributed by atoms with Crippen LogP contribution in [0.2, 0.25) is 0 Å². The summed E-state index contributed by atoms with van der Waals surface area (Å²) in [4.78, 5) is 94.5. The molecular weight excluding hydrogens is 584 g/mol. The van der Waals surface area contributed by atoms with Crippen LogP contribution in [0.25, 0.3) is 0 Å². The van der Waals surface area contributed by atoms with Gasteiger partial charge < -0.3 is 41.2 Å². The lowest BCUT2D eigenvalue weighted by atomic mass is 10.2. The zero-order valence-electron chi connectivity index (χ0n) is 21.2. The van der Waals surface area contributed by atoms with Crippen molar-refractivity contribution in [3.8, 4) is 0 Å². The number of nitrogens with zero attached hydrogens (tertiary/aromatic N) is 1. The maximum Gasteiger partial charge on any atom is 0.421 e. The van der Waals surface area contributed by atoms with Gasteiger partial charge in [0.2, 0.25) is 29.7 Å². The Bertz CT molecular complexity index is 1040. The van der Waals surface area contributed by atoms with Gasteiger partial charge in [-0.1, -0.05) is 0 Å². The highest BCUT2D eigenvalue weighted by Gasteiger charge is 2.40. The van der Waals surface area contributed by atoms with E-state index in [9.17, 15) is 51.5 Å². The Hall–Kier alpha value is -3.96. The van der Waals surface area contributed by atoms with Gasteiger partial charge in [-0.2, -0.15) is 13.2 Å². The number of amides is 6. The van der Waals surface area contributed by atoms with Crippen LogP contribution in [0.5, 0.6) is 0 Å². The van der Waals surface area contributed by atoms with Crippen molar-refractivity contribution in [3.05, 3.63) is 12.2 Å². The summed E-state index contributed by atoms with van der Waals surface area (Å²) in [6, 6.07) is -2.57. The molecule has 1 aliphatic heterocycles. The van der Waals surface area contributed by atoms with Crippen LogP contribution in [0.4, 0.5) is 13.2 Å². The van der Waals surface area contributed by atoms with Crippen molar-refractivity contribution in [2.45, 2.75) is 30.8 Å². The Labute approximate surface area is 232 Å². The summed E-state index contributed by atoms with van der Waals surface area (Å²) < 4.78 is 41.4. The largest absolute Gasteiger partial charge is 0.480 e. The third-order valence-corrected chi connectivity index (χ3v) is 5.48. The van der Waals surface area contributed by atoms with E-state index in [2.05, 4.69) is 35.2 Å². The van der Waals surface area contributed by atoms with Gasteiger partial charge in [0.15, 0.2) is 6.29 Å². The lowest BCUT2D eigenvalue weighted by Crippen LogP contribution is -2.55. The lowest BCUT2D eigenvalue weighted by Gasteiger charge is -2.25. The Balaban J connectivity index is 2.50. The van der Waals surface area contributed by atoms with Gasteiger partial charge in [-0.25, -0.2) is 0 Å². The fourth-order valence-corrected chi connectivity index (χ4v) is 3.36. The number of hydrogen-bond donors (Lipinski definition) is 6. The van der Waals surface area contributed by atoms with Gasteiger partial charge in [0, 0.05) is 31.7 Å². The Kier molecular flexibility index (Phi) is 14.5. The molecule has 0 aromatic carbocycles. The maximum atomic E-state index is 12.6. The van der Waals surface area contributed by atoms with Gasteiger partial charge in [-0.3, -0.25) is 38.5 Å². The number of carboxylic acid groups (broad SMARTS) is 1. The molecule has 0 spiro atoms. The quantitative estimate of drug-likeness (QED) is 0.0380. The van der Waals surface area contributed by atoms with E-state index in [-0.39, 0.29) is 25.7 Å². The average Bonchev–Trinajstić information content (AvgIpc) is 3.22. The van der Waals surface area contributed by atoms with Gasteiger partial charge in [-0.15, -0.1) is 9.24 Å². The minimum Gasteiger partial charge on any atom is -0.480 e. The third kappa shape index (κ3) is 12.4. The molecule has 1 heterocycles. The minimum absolute atomic E-state index is 0.00916. The zero-order valence-corrected chi connectivity index (χ0v) is 22.3. The molecule has 6 amide bonds. The molecule has 0 saturated carbocycles. The van der Waals surface area contributed by atoms with E-state index in [1.165, 1.54) is 0 Å². The first-order chi connectivity index (χ1) is 19.2. The number of carboxylic acids is 1. The topological polar surface area (TPSA) is 229 Å². The second kappa shape index (κ2) is 17.0. The fraction of sp³-hybridized carbons (Fsp3) is 0.524. The smallest absolute Gasteiger partial charge is 0.421 e. The number of nitrogens with one attached hydrogen (secondary N) is 5. The van der Waals surface area contributed by atoms with Gasteiger partial charge in [-0.05, 0) is 6.16 Å². The van der Waals surface area contributed by atoms with Crippen LogP contribution >= 0.6 is 9.24 Å². The van der Waals surface area contributed by atoms with Gasteiger partial charge >= 0.3 is 12.1 Å². The number of carbonyl (C=O) groups is 8. The molecule has 1 aliphatic rings. The first-order valence-corrected chi connectivity index (χ1v) is 12.5. The van der Waals surface area contributed by atoms with E-state index in [0.717, 1.165) is 12.2 Å². The third-order valence-electron chi connectivity index (χ3n) is 5.01. The molecule has 41 heavy (non-hydrogen) atoms. The van der Waals surface area contributed by atoms with Gasteiger partial charge in [0.1, 0.15) is 18.8 Å². The van der Waals surface area contributed by atoms with Crippen molar-refractivity contribution in [3.63, 3.8) is 0 Å². The van der Waals surface area contributed by atoms with Crippen LogP contribution < -0.4 is 26.6 Å². The summed E-state index contributed by atoms with van der Waals surface area (Å²) in [5.74, 6) is -6.15. The Morgan fingerprint density at radius 1 is 1.00 bits per heavy atom. The first kappa shape index (κ1) is 35.1. The van der Waals surface area contributed by atoms with E-state index < -0.39 is 91.9 Å². The first-order valence-electron chi connectivity index (χ1n) is 11.6. The highest BCUT2D eigenvalue weighted by atomic mass is 31.0. The standard InChI is InChI=1S/C21H28F3N6O10P/c22-21(23,24)13(8-31)40-10-28-15(33)6-27-19(38)11(9-41)29-14(32)3-4-26-20(39)12(5-25-7-18(36)37)30-16(34)1-2-17(30)35/h1-2,8,11-13,25H,3-7,9-10,41H2,(H,26,39)(H,27,38)(H,28,33)(H,29,32)(H,36,37). The fourth-order valence-electron chi connectivity index (χ4n) is 3.03. The molecule has 0 saturated heterocycles. The van der Waals surface area contributed by atoms with Crippen LogP contribution in [0.3, 0.4) is 0 Å². The van der Waals surface area contributed by atoms with E-state index >= 15 is 0 Å². The normalized spacial score (nSPS) is 15.1. The number of alkyl halides is 3. The van der Waals surface area contributed by atoms with Crippen molar-refractivity contribution >= 4 is 56.9 Å². The van der Waals surface area contributed by atoms with Crippen molar-refractivity contribution in [1.82, 2.24) is 31.5 Å². The summed E-state index contributed by atoms with van der Waals surface area (Å²) in [5, 5.41) is 19.9. The number of halogens is 3. The number of hydrogen-bond acceptors (Lipinski definition) is 10. The summed E-state index contributed by atoms with van der Waals surface area (Å²) >= 11 is 0. The summed E-state index contributed by atoms with van der Waals surface area (Å²) in [5.41, 5.74) is 0. The predicted octanol–water partition coefficient (Wildman–Crippen LogP) is -3.84. The molecule has 1 rings (SSSR count). The molecule has 0 aromatic heterocycles. The number of imide groups is 1. The number of rotatable bonds is 18. The highest BCUT2D eigenvalue weighted by Crippen LogP contribution is 2.20. The van der Waals surface area contributed by atoms with Crippen LogP contribution in [-0.2, 0) is 43.1 Å². The Morgan fingerprint density at radius 3 is 2.17 bits per heavy atom. The van der Waals surface area contributed by atoms with E-state index in [1.807, 2.05) is 5.32 Å². The molecule has 0 bridgehead atoms. The second-order valence-corrected chi connectivity index (χ2v) is 8.52. The van der Waals surface area contributed by atoms with Crippen LogP contribution in [-0.4, -0.2) is 121 Å². The van der Waals surface area contributed by atoms with Crippen LogP contribution in [0, 0.1) is 0 Å². The molecule has 228 valence electrons. The van der Waals surface area contributed by atoms with Crippen LogP contribution in [0.15, 0.2) is 12.2 Å². The number of carbonyl (C=O) groups excluding carboxylic acids is 7. The number of ether oxygens (including phenoxy) is 1. The van der Waals surface area contributed by atoms with E-state index in [1.54, 1.807) is 0 Å². The van der Waals surface area contributed by atoms with Crippen molar-refractivity contribution in [2.75, 3.05) is 39.1 Å². The monoisotopic (exact) mass is 612 g/mol. The molecule has 16 nitrogen and oxygen atoms in total. The van der Waals surface area contributed by atoms with Crippen molar-refractivity contribution < 1.29 is 61.4 Å². The molecule has 4 unspecified atom stereocenters. The molecule has 0 aliphatic carbocycles. The highest BCUT2D eigenvalue weighted by molar-refractivity contribution is 7.16. The number of aldehydes is 1. The minimum atomic E-state index is -4.96.